The predicted octanol–water partition coefficient (Wildman–Crippen LogP) is 1.50. The zero-order valence-electron chi connectivity index (χ0n) is 8.53. The minimum Gasteiger partial charge on any atom is -0.395 e. The van der Waals surface area contributed by atoms with E-state index in [4.69, 9.17) is 10.8 Å². The summed E-state index contributed by atoms with van der Waals surface area (Å²) in [6.07, 6.45) is 0.934. The molecule has 0 aliphatic heterocycles. The van der Waals surface area contributed by atoms with E-state index >= 15 is 0 Å². The van der Waals surface area contributed by atoms with Crippen LogP contribution in [0.1, 0.15) is 24.9 Å². The molecule has 1 rings (SSSR count). The van der Waals surface area contributed by atoms with Crippen molar-refractivity contribution in [1.82, 2.24) is 0 Å². The molecular formula is C11H18N2O. The second-order valence-corrected chi connectivity index (χ2v) is 3.29. The van der Waals surface area contributed by atoms with Crippen molar-refractivity contribution in [2.24, 2.45) is 5.73 Å². The highest BCUT2D eigenvalue weighted by atomic mass is 16.3. The van der Waals surface area contributed by atoms with Crippen molar-refractivity contribution in [2.45, 2.75) is 19.4 Å². The predicted molar refractivity (Wildman–Crippen MR) is 59.2 cm³/mol. The fourth-order valence-electron chi connectivity index (χ4n) is 1.32. The number of aliphatic hydroxyl groups excluding tert-OH is 1. The molecule has 3 nitrogen and oxygen atoms in total. The third-order valence-electron chi connectivity index (χ3n) is 2.20. The van der Waals surface area contributed by atoms with Gasteiger partial charge in [0.25, 0.3) is 0 Å². The molecule has 1 unspecified atom stereocenters. The van der Waals surface area contributed by atoms with E-state index in [2.05, 4.69) is 12.2 Å². The Kier molecular flexibility index (Phi) is 4.43. The Hall–Kier alpha value is -1.06. The van der Waals surface area contributed by atoms with Gasteiger partial charge in [0.05, 0.1) is 6.61 Å². The molecule has 0 radical (unpaired) electrons. The van der Waals surface area contributed by atoms with Gasteiger partial charge >= 0.3 is 0 Å². The second-order valence-electron chi connectivity index (χ2n) is 3.29. The standard InChI is InChI=1S/C11H18N2O/c1-2-11(12)9-4-3-5-10(8-9)13-6-7-14/h3-5,8,11,13-14H,2,6-7,12H2,1H3. The zero-order chi connectivity index (χ0) is 10.4. The van der Waals surface area contributed by atoms with Gasteiger partial charge in [0.2, 0.25) is 0 Å². The van der Waals surface area contributed by atoms with Crippen LogP contribution in [0.5, 0.6) is 0 Å². The first-order chi connectivity index (χ1) is 6.77. The number of aliphatic hydroxyl groups is 1. The maximum Gasteiger partial charge on any atom is 0.0604 e. The highest BCUT2D eigenvalue weighted by Gasteiger charge is 2.02. The molecule has 0 aromatic heterocycles. The summed E-state index contributed by atoms with van der Waals surface area (Å²) >= 11 is 0. The van der Waals surface area contributed by atoms with Gasteiger partial charge in [-0.2, -0.15) is 0 Å². The van der Waals surface area contributed by atoms with Crippen LogP contribution in [0, 0.1) is 0 Å². The molecule has 0 aliphatic carbocycles. The smallest absolute Gasteiger partial charge is 0.0604 e. The molecule has 1 aromatic carbocycles. The lowest BCUT2D eigenvalue weighted by molar-refractivity contribution is 0.311. The first-order valence-electron chi connectivity index (χ1n) is 4.98. The zero-order valence-corrected chi connectivity index (χ0v) is 8.53. The van der Waals surface area contributed by atoms with Crippen molar-refractivity contribution in [3.05, 3.63) is 29.8 Å². The van der Waals surface area contributed by atoms with Crippen LogP contribution >= 0.6 is 0 Å². The molecule has 0 fully saturated rings. The fourth-order valence-corrected chi connectivity index (χ4v) is 1.32. The van der Waals surface area contributed by atoms with Crippen molar-refractivity contribution in [2.75, 3.05) is 18.5 Å². The van der Waals surface area contributed by atoms with E-state index in [0.717, 1.165) is 17.7 Å². The van der Waals surface area contributed by atoms with Crippen LogP contribution in [0.25, 0.3) is 0 Å². The van der Waals surface area contributed by atoms with Crippen LogP contribution < -0.4 is 11.1 Å². The number of anilines is 1. The molecule has 4 N–H and O–H groups in total. The van der Waals surface area contributed by atoms with Gasteiger partial charge in [-0.25, -0.2) is 0 Å². The van der Waals surface area contributed by atoms with Crippen molar-refractivity contribution >= 4 is 5.69 Å². The number of rotatable bonds is 5. The topological polar surface area (TPSA) is 58.3 Å². The molecule has 0 aliphatic rings. The molecule has 1 atom stereocenters. The first kappa shape index (κ1) is 11.0. The van der Waals surface area contributed by atoms with E-state index in [1.807, 2.05) is 24.3 Å². The van der Waals surface area contributed by atoms with Gasteiger partial charge in [-0.05, 0) is 24.1 Å². The molecule has 14 heavy (non-hydrogen) atoms. The molecule has 0 saturated heterocycles. The molecule has 0 bridgehead atoms. The molecule has 3 heteroatoms. The summed E-state index contributed by atoms with van der Waals surface area (Å²) in [5.74, 6) is 0. The number of hydrogen-bond acceptors (Lipinski definition) is 3. The Labute approximate surface area is 84.9 Å². The number of benzene rings is 1. The Morgan fingerprint density at radius 1 is 1.50 bits per heavy atom. The molecular weight excluding hydrogens is 176 g/mol. The van der Waals surface area contributed by atoms with Crippen molar-refractivity contribution in [1.29, 1.82) is 0 Å². The van der Waals surface area contributed by atoms with Crippen LogP contribution in [-0.2, 0) is 0 Å². The highest BCUT2D eigenvalue weighted by Crippen LogP contribution is 2.17. The summed E-state index contributed by atoms with van der Waals surface area (Å²) in [6, 6.07) is 8.11. The first-order valence-corrected chi connectivity index (χ1v) is 4.98. The third kappa shape index (κ3) is 3.01. The van der Waals surface area contributed by atoms with Crippen molar-refractivity contribution in [3.63, 3.8) is 0 Å². The summed E-state index contributed by atoms with van der Waals surface area (Å²) in [5, 5.41) is 11.8. The van der Waals surface area contributed by atoms with Crippen LogP contribution in [0.4, 0.5) is 5.69 Å². The number of nitrogens with one attached hydrogen (secondary N) is 1. The molecule has 1 aromatic rings. The summed E-state index contributed by atoms with van der Waals surface area (Å²) < 4.78 is 0. The molecule has 0 saturated carbocycles. The van der Waals surface area contributed by atoms with E-state index in [0.29, 0.717) is 6.54 Å². The van der Waals surface area contributed by atoms with Crippen LogP contribution in [-0.4, -0.2) is 18.3 Å². The van der Waals surface area contributed by atoms with Crippen molar-refractivity contribution < 1.29 is 5.11 Å². The lowest BCUT2D eigenvalue weighted by atomic mass is 10.1. The largest absolute Gasteiger partial charge is 0.395 e. The van der Waals surface area contributed by atoms with Gasteiger partial charge in [-0.1, -0.05) is 19.1 Å². The van der Waals surface area contributed by atoms with E-state index in [-0.39, 0.29) is 12.6 Å². The van der Waals surface area contributed by atoms with E-state index < -0.39 is 0 Å². The van der Waals surface area contributed by atoms with Gasteiger partial charge < -0.3 is 16.2 Å². The maximum atomic E-state index is 8.67. The van der Waals surface area contributed by atoms with Crippen molar-refractivity contribution in [3.8, 4) is 0 Å². The van der Waals surface area contributed by atoms with Crippen LogP contribution in [0.3, 0.4) is 0 Å². The van der Waals surface area contributed by atoms with E-state index in [1.54, 1.807) is 0 Å². The highest BCUT2D eigenvalue weighted by molar-refractivity contribution is 5.46. The number of nitrogens with two attached hydrogens (primary N) is 1. The fraction of sp³-hybridized carbons (Fsp3) is 0.455. The summed E-state index contributed by atoms with van der Waals surface area (Å²) in [6.45, 7) is 2.79. The second kappa shape index (κ2) is 5.62. The minimum absolute atomic E-state index is 0.103. The average molecular weight is 194 g/mol. The third-order valence-corrected chi connectivity index (χ3v) is 2.20. The molecule has 0 amide bonds. The summed E-state index contributed by atoms with van der Waals surface area (Å²) in [4.78, 5) is 0. The quantitative estimate of drug-likeness (QED) is 0.665. The van der Waals surface area contributed by atoms with Gasteiger partial charge in [-0.3, -0.25) is 0 Å². The van der Waals surface area contributed by atoms with Crippen LogP contribution in [0.15, 0.2) is 24.3 Å². The maximum absolute atomic E-state index is 8.67. The number of hydrogen-bond donors (Lipinski definition) is 3. The summed E-state index contributed by atoms with van der Waals surface area (Å²) in [7, 11) is 0. The Bertz CT molecular complexity index is 276. The molecule has 0 spiro atoms. The lowest BCUT2D eigenvalue weighted by Gasteiger charge is -2.11. The van der Waals surface area contributed by atoms with E-state index in [1.165, 1.54) is 0 Å². The Morgan fingerprint density at radius 3 is 2.93 bits per heavy atom. The minimum atomic E-state index is 0.103. The SMILES string of the molecule is CCC(N)c1cccc(NCCO)c1. The van der Waals surface area contributed by atoms with Gasteiger partial charge in [0, 0.05) is 18.3 Å². The van der Waals surface area contributed by atoms with Crippen LogP contribution in [0.2, 0.25) is 0 Å². The van der Waals surface area contributed by atoms with Gasteiger partial charge in [0.1, 0.15) is 0 Å². The van der Waals surface area contributed by atoms with Gasteiger partial charge in [0.15, 0.2) is 0 Å². The average Bonchev–Trinajstić information content (AvgIpc) is 2.25. The molecule has 78 valence electrons. The monoisotopic (exact) mass is 194 g/mol. The Morgan fingerprint density at radius 2 is 2.29 bits per heavy atom. The normalized spacial score (nSPS) is 12.5. The van der Waals surface area contributed by atoms with Gasteiger partial charge in [-0.15, -0.1) is 0 Å². The Balaban J connectivity index is 2.68. The lowest BCUT2D eigenvalue weighted by Crippen LogP contribution is -2.10. The van der Waals surface area contributed by atoms with E-state index in [9.17, 15) is 0 Å². The summed E-state index contributed by atoms with van der Waals surface area (Å²) in [5.41, 5.74) is 8.06. The molecule has 0 heterocycles.